The number of nitrogens with one attached hydrogen (secondary N) is 1. The summed E-state index contributed by atoms with van der Waals surface area (Å²) in [6, 6.07) is 12.6. The zero-order valence-corrected chi connectivity index (χ0v) is 21.7. The molecule has 1 aliphatic heterocycles. The third kappa shape index (κ3) is 3.95. The Morgan fingerprint density at radius 1 is 1.11 bits per heavy atom. The van der Waals surface area contributed by atoms with Crippen LogP contribution in [0.25, 0.3) is 16.6 Å². The maximum atomic E-state index is 13.7. The fraction of sp³-hybridized carbons (Fsp3) is 0.222. The molecule has 6 rings (SSSR count). The van der Waals surface area contributed by atoms with E-state index in [1.54, 1.807) is 45.0 Å². The second kappa shape index (κ2) is 9.18. The molecule has 3 unspecified atom stereocenters. The van der Waals surface area contributed by atoms with E-state index in [0.717, 1.165) is 16.6 Å². The molecule has 192 valence electrons. The highest BCUT2D eigenvalue weighted by Gasteiger charge is 2.49. The molecule has 0 aliphatic carbocycles. The van der Waals surface area contributed by atoms with Crippen LogP contribution in [0, 0.1) is 18.7 Å². The van der Waals surface area contributed by atoms with Crippen molar-refractivity contribution in [1.29, 1.82) is 0 Å². The molecule has 11 heteroatoms. The predicted octanol–water partition coefficient (Wildman–Crippen LogP) is 4.19. The number of rotatable bonds is 5. The summed E-state index contributed by atoms with van der Waals surface area (Å²) in [4.78, 5) is 33.3. The van der Waals surface area contributed by atoms with E-state index < -0.39 is 18.0 Å². The second-order valence-corrected chi connectivity index (χ2v) is 10.3. The summed E-state index contributed by atoms with van der Waals surface area (Å²) in [7, 11) is 1.82. The summed E-state index contributed by atoms with van der Waals surface area (Å²) in [5.41, 5.74) is 5.19. The molecule has 1 saturated heterocycles. The Bertz CT molecular complexity index is 1670. The number of hydrogen-bond donors (Lipinski definition) is 1. The summed E-state index contributed by atoms with van der Waals surface area (Å²) in [6.45, 7) is 3.62. The SMILES string of the molecule is Cc1ncsc1C(=O)NC1C(C)C(=O)N(c2ccc3c(cnn3-c3ccc(F)cc3)c2)C1c1ccn(C)n1. The van der Waals surface area contributed by atoms with Crippen molar-refractivity contribution in [3.63, 3.8) is 0 Å². The van der Waals surface area contributed by atoms with Crippen LogP contribution in [-0.4, -0.2) is 42.4 Å². The molecule has 2 amide bonds. The van der Waals surface area contributed by atoms with Gasteiger partial charge >= 0.3 is 0 Å². The first-order chi connectivity index (χ1) is 18.3. The molecule has 3 aromatic heterocycles. The van der Waals surface area contributed by atoms with Gasteiger partial charge in [0.25, 0.3) is 5.91 Å². The number of amides is 2. The van der Waals surface area contributed by atoms with E-state index in [4.69, 9.17) is 0 Å². The van der Waals surface area contributed by atoms with Gasteiger partial charge in [0, 0.05) is 24.3 Å². The molecule has 0 bridgehead atoms. The molecule has 1 N–H and O–H groups in total. The summed E-state index contributed by atoms with van der Waals surface area (Å²) >= 11 is 1.27. The van der Waals surface area contributed by atoms with Gasteiger partial charge in [0.05, 0.1) is 46.3 Å². The molecule has 1 aliphatic rings. The third-order valence-corrected chi connectivity index (χ3v) is 7.90. The smallest absolute Gasteiger partial charge is 0.263 e. The van der Waals surface area contributed by atoms with Crippen LogP contribution in [0.5, 0.6) is 0 Å². The molecule has 0 radical (unpaired) electrons. The first-order valence-electron chi connectivity index (χ1n) is 12.1. The van der Waals surface area contributed by atoms with Crippen LogP contribution in [0.15, 0.2) is 66.4 Å². The quantitative estimate of drug-likeness (QED) is 0.368. The average Bonchev–Trinajstić information content (AvgIpc) is 3.68. The number of anilines is 1. The standard InChI is InChI=1S/C27H24FN7O2S/c1-15-23(31-26(36)25-16(2)29-14-38-25)24(21-10-11-33(3)32-21)34(27(15)37)20-8-9-22-17(12-20)13-30-35(22)19-6-4-18(28)5-7-19/h4-15,23-24H,1-3H3,(H,31,36). The summed E-state index contributed by atoms with van der Waals surface area (Å²) in [5.74, 6) is -1.18. The zero-order valence-electron chi connectivity index (χ0n) is 20.9. The number of hydrogen-bond acceptors (Lipinski definition) is 6. The maximum absolute atomic E-state index is 13.7. The van der Waals surface area contributed by atoms with Gasteiger partial charge in [0.15, 0.2) is 0 Å². The molecule has 3 atom stereocenters. The number of aryl methyl sites for hydroxylation is 2. The van der Waals surface area contributed by atoms with Crippen LogP contribution >= 0.6 is 11.3 Å². The molecule has 2 aromatic carbocycles. The highest BCUT2D eigenvalue weighted by Crippen LogP contribution is 2.41. The highest BCUT2D eigenvalue weighted by atomic mass is 32.1. The van der Waals surface area contributed by atoms with Crippen molar-refractivity contribution in [2.24, 2.45) is 13.0 Å². The monoisotopic (exact) mass is 529 g/mol. The van der Waals surface area contributed by atoms with Crippen LogP contribution in [0.2, 0.25) is 0 Å². The summed E-state index contributed by atoms with van der Waals surface area (Å²) < 4.78 is 16.8. The molecule has 9 nitrogen and oxygen atoms in total. The second-order valence-electron chi connectivity index (χ2n) is 9.40. The largest absolute Gasteiger partial charge is 0.345 e. The Morgan fingerprint density at radius 2 is 1.87 bits per heavy atom. The van der Waals surface area contributed by atoms with Gasteiger partial charge in [-0.1, -0.05) is 6.92 Å². The Balaban J connectivity index is 1.40. The third-order valence-electron chi connectivity index (χ3n) is 6.97. The van der Waals surface area contributed by atoms with Crippen molar-refractivity contribution >= 4 is 39.7 Å². The van der Waals surface area contributed by atoms with Crippen LogP contribution in [0.1, 0.15) is 34.0 Å². The number of halogens is 1. The van der Waals surface area contributed by atoms with E-state index in [2.05, 4.69) is 20.5 Å². The van der Waals surface area contributed by atoms with Crippen molar-refractivity contribution in [3.8, 4) is 5.69 Å². The van der Waals surface area contributed by atoms with Crippen molar-refractivity contribution < 1.29 is 14.0 Å². The van der Waals surface area contributed by atoms with Gasteiger partial charge in [0.1, 0.15) is 16.7 Å². The topological polar surface area (TPSA) is 97.9 Å². The van der Waals surface area contributed by atoms with Crippen LogP contribution < -0.4 is 10.2 Å². The lowest BCUT2D eigenvalue weighted by Gasteiger charge is -2.27. The Morgan fingerprint density at radius 3 is 2.55 bits per heavy atom. The zero-order chi connectivity index (χ0) is 26.6. The summed E-state index contributed by atoms with van der Waals surface area (Å²) in [6.07, 6.45) is 3.54. The lowest BCUT2D eigenvalue weighted by atomic mass is 9.97. The minimum absolute atomic E-state index is 0.114. The van der Waals surface area contributed by atoms with Gasteiger partial charge in [-0.15, -0.1) is 11.3 Å². The molecule has 1 fully saturated rings. The number of thiazole rings is 1. The Labute approximate surface area is 221 Å². The van der Waals surface area contributed by atoms with Gasteiger partial charge in [-0.2, -0.15) is 10.2 Å². The lowest BCUT2D eigenvalue weighted by molar-refractivity contribution is -0.120. The summed E-state index contributed by atoms with van der Waals surface area (Å²) in [5, 5.41) is 13.0. The molecule has 38 heavy (non-hydrogen) atoms. The average molecular weight is 530 g/mol. The normalized spacial score (nSPS) is 19.4. The molecular formula is C27H24FN7O2S. The highest BCUT2D eigenvalue weighted by molar-refractivity contribution is 7.11. The Hall–Kier alpha value is -4.38. The minimum atomic E-state index is -0.513. The molecule has 0 saturated carbocycles. The lowest BCUT2D eigenvalue weighted by Crippen LogP contribution is -2.42. The number of aromatic nitrogens is 5. The first-order valence-corrected chi connectivity index (χ1v) is 13.0. The molecule has 0 spiro atoms. The van der Waals surface area contributed by atoms with Crippen LogP contribution in [-0.2, 0) is 11.8 Å². The van der Waals surface area contributed by atoms with E-state index in [0.29, 0.717) is 22.0 Å². The van der Waals surface area contributed by atoms with Crippen molar-refractivity contribution in [1.82, 2.24) is 29.9 Å². The molecule has 5 aromatic rings. The van der Waals surface area contributed by atoms with Gasteiger partial charge < -0.3 is 10.2 Å². The van der Waals surface area contributed by atoms with Crippen molar-refractivity contribution in [2.75, 3.05) is 4.90 Å². The van der Waals surface area contributed by atoms with E-state index in [1.165, 1.54) is 23.5 Å². The van der Waals surface area contributed by atoms with Gasteiger partial charge in [-0.25, -0.2) is 14.1 Å². The molecule has 4 heterocycles. The number of carbonyl (C=O) groups is 2. The van der Waals surface area contributed by atoms with Crippen molar-refractivity contribution in [3.05, 3.63) is 88.5 Å². The van der Waals surface area contributed by atoms with E-state index in [9.17, 15) is 14.0 Å². The van der Waals surface area contributed by atoms with Gasteiger partial charge in [-0.05, 0) is 55.5 Å². The predicted molar refractivity (Wildman–Crippen MR) is 142 cm³/mol. The van der Waals surface area contributed by atoms with E-state index >= 15 is 0 Å². The number of fused-ring (bicyclic) bond motifs is 1. The van der Waals surface area contributed by atoms with Crippen molar-refractivity contribution in [2.45, 2.75) is 25.9 Å². The van der Waals surface area contributed by atoms with Gasteiger partial charge in [-0.3, -0.25) is 14.3 Å². The number of benzene rings is 2. The van der Waals surface area contributed by atoms with E-state index in [-0.39, 0.29) is 17.6 Å². The van der Waals surface area contributed by atoms with Gasteiger partial charge in [0.2, 0.25) is 5.91 Å². The molecular weight excluding hydrogens is 505 g/mol. The fourth-order valence-electron chi connectivity index (χ4n) is 5.04. The Kier molecular flexibility index (Phi) is 5.79. The van der Waals surface area contributed by atoms with Crippen LogP contribution in [0.4, 0.5) is 10.1 Å². The maximum Gasteiger partial charge on any atom is 0.263 e. The number of nitrogens with zero attached hydrogens (tertiary/aromatic N) is 6. The minimum Gasteiger partial charge on any atom is -0.345 e. The fourth-order valence-corrected chi connectivity index (χ4v) is 5.74. The first kappa shape index (κ1) is 24.0. The number of carbonyl (C=O) groups excluding carboxylic acids is 2. The van der Waals surface area contributed by atoms with Crippen LogP contribution in [0.3, 0.4) is 0 Å². The van der Waals surface area contributed by atoms with E-state index in [1.807, 2.05) is 44.4 Å².